The molecule has 0 aromatic carbocycles. The van der Waals surface area contributed by atoms with Gasteiger partial charge >= 0.3 is 5.97 Å². The SMILES string of the molecule is CCCC(SCC(N)=O)C(=O)O. The molecule has 0 aliphatic carbocycles. The minimum atomic E-state index is -0.872. The van der Waals surface area contributed by atoms with Gasteiger partial charge in [0.15, 0.2) is 0 Å². The van der Waals surface area contributed by atoms with E-state index in [1.165, 1.54) is 0 Å². The van der Waals surface area contributed by atoms with Gasteiger partial charge in [-0.1, -0.05) is 13.3 Å². The second-order valence-corrected chi connectivity index (χ2v) is 3.58. The third kappa shape index (κ3) is 5.01. The Morgan fingerprint density at radius 3 is 2.50 bits per heavy atom. The van der Waals surface area contributed by atoms with Crippen molar-refractivity contribution in [2.75, 3.05) is 5.75 Å². The lowest BCUT2D eigenvalue weighted by Crippen LogP contribution is -2.21. The normalized spacial score (nSPS) is 12.4. The van der Waals surface area contributed by atoms with Crippen LogP contribution in [0, 0.1) is 0 Å². The van der Waals surface area contributed by atoms with Crippen LogP contribution in [0.4, 0.5) is 0 Å². The fraction of sp³-hybridized carbons (Fsp3) is 0.714. The number of nitrogens with two attached hydrogens (primary N) is 1. The van der Waals surface area contributed by atoms with Crippen molar-refractivity contribution in [2.45, 2.75) is 25.0 Å². The number of carbonyl (C=O) groups excluding carboxylic acids is 1. The molecule has 0 aliphatic rings. The molecular weight excluding hydrogens is 178 g/mol. The van der Waals surface area contributed by atoms with Crippen molar-refractivity contribution in [2.24, 2.45) is 5.73 Å². The number of thioether (sulfide) groups is 1. The average molecular weight is 191 g/mol. The van der Waals surface area contributed by atoms with E-state index in [1.54, 1.807) is 0 Å². The van der Waals surface area contributed by atoms with Crippen LogP contribution in [0.2, 0.25) is 0 Å². The quantitative estimate of drug-likeness (QED) is 0.639. The van der Waals surface area contributed by atoms with Crippen molar-refractivity contribution in [3.63, 3.8) is 0 Å². The minimum absolute atomic E-state index is 0.0803. The molecule has 0 saturated carbocycles. The first-order valence-corrected chi connectivity index (χ1v) is 4.75. The third-order valence-electron chi connectivity index (χ3n) is 1.25. The van der Waals surface area contributed by atoms with Crippen molar-refractivity contribution in [1.82, 2.24) is 0 Å². The molecular formula is C7H13NO3S. The first-order valence-electron chi connectivity index (χ1n) is 3.70. The van der Waals surface area contributed by atoms with Gasteiger partial charge in [-0.2, -0.15) is 0 Å². The van der Waals surface area contributed by atoms with Crippen molar-refractivity contribution < 1.29 is 14.7 Å². The van der Waals surface area contributed by atoms with Gasteiger partial charge < -0.3 is 10.8 Å². The Morgan fingerprint density at radius 1 is 1.58 bits per heavy atom. The first kappa shape index (κ1) is 11.3. The molecule has 12 heavy (non-hydrogen) atoms. The Balaban J connectivity index is 3.79. The van der Waals surface area contributed by atoms with E-state index in [2.05, 4.69) is 0 Å². The van der Waals surface area contributed by atoms with Crippen LogP contribution in [0.5, 0.6) is 0 Å². The fourth-order valence-corrected chi connectivity index (χ4v) is 1.63. The molecule has 0 aromatic rings. The predicted molar refractivity (Wildman–Crippen MR) is 48.0 cm³/mol. The van der Waals surface area contributed by atoms with Crippen molar-refractivity contribution >= 4 is 23.6 Å². The van der Waals surface area contributed by atoms with E-state index in [9.17, 15) is 9.59 Å². The molecule has 0 radical (unpaired) electrons. The van der Waals surface area contributed by atoms with E-state index in [0.717, 1.165) is 18.2 Å². The maximum Gasteiger partial charge on any atom is 0.316 e. The molecule has 5 heteroatoms. The lowest BCUT2D eigenvalue weighted by atomic mass is 10.2. The number of carboxylic acids is 1. The molecule has 70 valence electrons. The van der Waals surface area contributed by atoms with Crippen LogP contribution in [-0.2, 0) is 9.59 Å². The van der Waals surface area contributed by atoms with Crippen molar-refractivity contribution in [3.05, 3.63) is 0 Å². The Kier molecular flexibility index (Phi) is 5.53. The molecule has 1 amide bonds. The minimum Gasteiger partial charge on any atom is -0.480 e. The summed E-state index contributed by atoms with van der Waals surface area (Å²) in [4.78, 5) is 20.9. The second kappa shape index (κ2) is 5.88. The molecule has 4 nitrogen and oxygen atoms in total. The van der Waals surface area contributed by atoms with E-state index in [0.29, 0.717) is 6.42 Å². The number of hydrogen-bond donors (Lipinski definition) is 2. The molecule has 0 spiro atoms. The number of rotatable bonds is 6. The highest BCUT2D eigenvalue weighted by Gasteiger charge is 2.17. The molecule has 1 atom stereocenters. The monoisotopic (exact) mass is 191 g/mol. The Labute approximate surface area is 75.5 Å². The van der Waals surface area contributed by atoms with E-state index in [1.807, 2.05) is 6.92 Å². The summed E-state index contributed by atoms with van der Waals surface area (Å²) in [6.07, 6.45) is 1.37. The third-order valence-corrected chi connectivity index (χ3v) is 2.54. The summed E-state index contributed by atoms with van der Waals surface area (Å²) < 4.78 is 0. The van der Waals surface area contributed by atoms with Gasteiger partial charge in [0, 0.05) is 0 Å². The summed E-state index contributed by atoms with van der Waals surface area (Å²) >= 11 is 1.09. The number of hydrogen-bond acceptors (Lipinski definition) is 3. The molecule has 0 rings (SSSR count). The van der Waals surface area contributed by atoms with Gasteiger partial charge in [-0.15, -0.1) is 11.8 Å². The van der Waals surface area contributed by atoms with Crippen molar-refractivity contribution in [1.29, 1.82) is 0 Å². The highest BCUT2D eigenvalue weighted by Crippen LogP contribution is 2.15. The number of primary amides is 1. The van der Waals surface area contributed by atoms with Gasteiger partial charge in [-0.05, 0) is 6.42 Å². The largest absolute Gasteiger partial charge is 0.480 e. The zero-order chi connectivity index (χ0) is 9.56. The summed E-state index contributed by atoms with van der Waals surface area (Å²) in [5, 5.41) is 8.15. The maximum atomic E-state index is 10.5. The standard InChI is InChI=1S/C7H13NO3S/c1-2-3-5(7(10)11)12-4-6(8)9/h5H,2-4H2,1H3,(H2,8,9)(H,10,11). The first-order chi connectivity index (χ1) is 5.57. The lowest BCUT2D eigenvalue weighted by Gasteiger charge is -2.08. The summed E-state index contributed by atoms with van der Waals surface area (Å²) in [7, 11) is 0. The van der Waals surface area contributed by atoms with E-state index >= 15 is 0 Å². The molecule has 0 heterocycles. The van der Waals surface area contributed by atoms with Gasteiger partial charge in [-0.3, -0.25) is 9.59 Å². The number of amides is 1. The number of carboxylic acid groups (broad SMARTS) is 1. The molecule has 0 bridgehead atoms. The lowest BCUT2D eigenvalue weighted by molar-refractivity contribution is -0.136. The van der Waals surface area contributed by atoms with Crippen LogP contribution in [0.1, 0.15) is 19.8 Å². The molecule has 0 saturated heterocycles. The topological polar surface area (TPSA) is 80.4 Å². The number of carbonyl (C=O) groups is 2. The highest BCUT2D eigenvalue weighted by atomic mass is 32.2. The number of aliphatic carboxylic acids is 1. The van der Waals surface area contributed by atoms with Gasteiger partial charge in [-0.25, -0.2) is 0 Å². The zero-order valence-electron chi connectivity index (χ0n) is 6.95. The van der Waals surface area contributed by atoms with Crippen molar-refractivity contribution in [3.8, 4) is 0 Å². The van der Waals surface area contributed by atoms with Crippen LogP contribution in [0.3, 0.4) is 0 Å². The summed E-state index contributed by atoms with van der Waals surface area (Å²) in [6.45, 7) is 1.90. The Hall–Kier alpha value is -0.710. The average Bonchev–Trinajstić information content (AvgIpc) is 1.96. The van der Waals surface area contributed by atoms with Crippen LogP contribution in [0.25, 0.3) is 0 Å². The van der Waals surface area contributed by atoms with Crippen LogP contribution < -0.4 is 5.73 Å². The Bertz CT molecular complexity index is 172. The maximum absolute atomic E-state index is 10.5. The Morgan fingerprint density at radius 2 is 2.17 bits per heavy atom. The summed E-state index contributed by atoms with van der Waals surface area (Å²) in [6, 6.07) is 0. The zero-order valence-corrected chi connectivity index (χ0v) is 7.76. The van der Waals surface area contributed by atoms with E-state index in [-0.39, 0.29) is 5.75 Å². The van der Waals surface area contributed by atoms with Gasteiger partial charge in [0.25, 0.3) is 0 Å². The molecule has 0 aliphatic heterocycles. The molecule has 0 fully saturated rings. The van der Waals surface area contributed by atoms with Crippen LogP contribution >= 0.6 is 11.8 Å². The smallest absolute Gasteiger partial charge is 0.316 e. The predicted octanol–water partition coefficient (Wildman–Crippen LogP) is 0.458. The summed E-state index contributed by atoms with van der Waals surface area (Å²) in [5.41, 5.74) is 4.88. The van der Waals surface area contributed by atoms with Gasteiger partial charge in [0.2, 0.25) is 5.91 Å². The van der Waals surface area contributed by atoms with E-state index < -0.39 is 17.1 Å². The van der Waals surface area contributed by atoms with Crippen LogP contribution in [-0.4, -0.2) is 28.0 Å². The fourth-order valence-electron chi connectivity index (χ4n) is 0.723. The highest BCUT2D eigenvalue weighted by molar-refractivity contribution is 8.01. The van der Waals surface area contributed by atoms with Gasteiger partial charge in [0.1, 0.15) is 5.25 Å². The van der Waals surface area contributed by atoms with Crippen LogP contribution in [0.15, 0.2) is 0 Å². The molecule has 3 N–H and O–H groups in total. The molecule has 1 unspecified atom stereocenters. The second-order valence-electron chi connectivity index (χ2n) is 2.39. The van der Waals surface area contributed by atoms with Gasteiger partial charge in [0.05, 0.1) is 5.75 Å². The molecule has 0 aromatic heterocycles. The summed E-state index contributed by atoms with van der Waals surface area (Å²) in [5.74, 6) is -1.26. The van der Waals surface area contributed by atoms with E-state index in [4.69, 9.17) is 10.8 Å².